The molecule has 1 nitrogen and oxygen atoms in total. The third-order valence-electron chi connectivity index (χ3n) is 1.65. The van der Waals surface area contributed by atoms with Crippen LogP contribution in [0.1, 0.15) is 0 Å². The Hall–Kier alpha value is 0.123. The van der Waals surface area contributed by atoms with Gasteiger partial charge in [0, 0.05) is 59.0 Å². The van der Waals surface area contributed by atoms with E-state index in [1.807, 2.05) is 42.5 Å². The van der Waals surface area contributed by atoms with Gasteiger partial charge < -0.3 is 12.4 Å². The third kappa shape index (κ3) is 5.13. The SMILES string of the molecule is [CH3-].[Ir].[Y].[c-]1ccccc1-c1ccccn1. The van der Waals surface area contributed by atoms with Gasteiger partial charge in [-0.3, -0.25) is 0 Å². The van der Waals surface area contributed by atoms with Crippen molar-refractivity contribution < 1.29 is 52.8 Å². The molecule has 1 aromatic heterocycles. The van der Waals surface area contributed by atoms with Crippen molar-refractivity contribution in [2.45, 2.75) is 0 Å². The zero-order chi connectivity index (χ0) is 8.23. The molecule has 1 aromatic carbocycles. The minimum atomic E-state index is 0. The fraction of sp³-hybridized carbons (Fsp3) is 0. The summed E-state index contributed by atoms with van der Waals surface area (Å²) in [5.74, 6) is 0. The molecule has 0 bridgehead atoms. The van der Waals surface area contributed by atoms with Crippen molar-refractivity contribution in [1.82, 2.24) is 4.98 Å². The van der Waals surface area contributed by atoms with Crippen LogP contribution in [0.4, 0.5) is 0 Å². The minimum absolute atomic E-state index is 0. The maximum Gasteiger partial charge on any atom is 0.0160 e. The number of aromatic nitrogens is 1. The van der Waals surface area contributed by atoms with Gasteiger partial charge in [0.2, 0.25) is 0 Å². The molecule has 2 aromatic rings. The van der Waals surface area contributed by atoms with Gasteiger partial charge >= 0.3 is 0 Å². The van der Waals surface area contributed by atoms with E-state index in [9.17, 15) is 0 Å². The predicted octanol–water partition coefficient (Wildman–Crippen LogP) is 2.99. The second kappa shape index (κ2) is 9.36. The summed E-state index contributed by atoms with van der Waals surface area (Å²) in [5, 5.41) is 0. The molecule has 78 valence electrons. The van der Waals surface area contributed by atoms with Crippen molar-refractivity contribution in [2.24, 2.45) is 0 Å². The summed E-state index contributed by atoms with van der Waals surface area (Å²) in [4.78, 5) is 4.22. The van der Waals surface area contributed by atoms with E-state index >= 15 is 0 Å². The van der Waals surface area contributed by atoms with Crippen LogP contribution in [0.2, 0.25) is 0 Å². The van der Waals surface area contributed by atoms with Crippen LogP contribution in [0.3, 0.4) is 0 Å². The number of hydrogen-bond acceptors (Lipinski definition) is 1. The molecule has 0 unspecified atom stereocenters. The van der Waals surface area contributed by atoms with Crippen LogP contribution in [0.5, 0.6) is 0 Å². The van der Waals surface area contributed by atoms with Crippen molar-refractivity contribution in [2.75, 3.05) is 0 Å². The second-order valence-corrected chi connectivity index (χ2v) is 2.49. The van der Waals surface area contributed by atoms with Gasteiger partial charge in [0.15, 0.2) is 0 Å². The molecule has 0 aliphatic heterocycles. The fourth-order valence-corrected chi connectivity index (χ4v) is 1.07. The number of pyridine rings is 1. The first-order chi connectivity index (χ1) is 5.97. The van der Waals surface area contributed by atoms with E-state index in [0.717, 1.165) is 11.3 Å². The Labute approximate surface area is 130 Å². The van der Waals surface area contributed by atoms with Gasteiger partial charge in [-0.2, -0.15) is 0 Å². The molecular formula is C12H11IrNY-2. The molecule has 15 heavy (non-hydrogen) atoms. The molecule has 2 rings (SSSR count). The first kappa shape index (κ1) is 17.5. The van der Waals surface area contributed by atoms with E-state index in [4.69, 9.17) is 0 Å². The Balaban J connectivity index is 0. The molecule has 0 atom stereocenters. The molecule has 0 saturated heterocycles. The Morgan fingerprint density at radius 3 is 2.27 bits per heavy atom. The summed E-state index contributed by atoms with van der Waals surface area (Å²) >= 11 is 0. The van der Waals surface area contributed by atoms with E-state index in [1.54, 1.807) is 6.20 Å². The molecule has 0 spiro atoms. The molecule has 0 aliphatic carbocycles. The van der Waals surface area contributed by atoms with Gasteiger partial charge in [-0.15, -0.1) is 35.9 Å². The van der Waals surface area contributed by atoms with Crippen LogP contribution in [-0.4, -0.2) is 4.98 Å². The maximum atomic E-state index is 4.22. The van der Waals surface area contributed by atoms with Gasteiger partial charge in [0.05, 0.1) is 0 Å². The van der Waals surface area contributed by atoms with Crippen LogP contribution in [-0.2, 0) is 52.8 Å². The number of benzene rings is 1. The summed E-state index contributed by atoms with van der Waals surface area (Å²) in [6.07, 6.45) is 1.79. The number of hydrogen-bond donors (Lipinski definition) is 0. The quantitative estimate of drug-likeness (QED) is 0.609. The third-order valence-corrected chi connectivity index (χ3v) is 1.65. The Morgan fingerprint density at radius 2 is 1.73 bits per heavy atom. The fourth-order valence-electron chi connectivity index (χ4n) is 1.07. The van der Waals surface area contributed by atoms with Crippen LogP contribution in [0, 0.1) is 13.5 Å². The van der Waals surface area contributed by atoms with E-state index < -0.39 is 0 Å². The Morgan fingerprint density at radius 1 is 1.00 bits per heavy atom. The molecule has 0 fully saturated rings. The van der Waals surface area contributed by atoms with Crippen molar-refractivity contribution >= 4 is 0 Å². The topological polar surface area (TPSA) is 12.9 Å². The number of rotatable bonds is 1. The molecular weight excluding hydrogens is 439 g/mol. The molecule has 0 aliphatic rings. The van der Waals surface area contributed by atoms with Crippen molar-refractivity contribution in [1.29, 1.82) is 0 Å². The zero-order valence-corrected chi connectivity index (χ0v) is 13.7. The minimum Gasteiger partial charge on any atom is -0.358 e. The maximum absolute atomic E-state index is 4.22. The van der Waals surface area contributed by atoms with E-state index in [0.29, 0.717) is 0 Å². The average Bonchev–Trinajstić information content (AvgIpc) is 2.21. The van der Waals surface area contributed by atoms with Crippen LogP contribution < -0.4 is 0 Å². The largest absolute Gasteiger partial charge is 0.358 e. The Bertz CT molecular complexity index is 313. The monoisotopic (exact) mass is 451 g/mol. The smallest absolute Gasteiger partial charge is 0.0160 e. The first-order valence-corrected chi connectivity index (χ1v) is 3.85. The average molecular weight is 450 g/mol. The summed E-state index contributed by atoms with van der Waals surface area (Å²) in [7, 11) is 0. The summed E-state index contributed by atoms with van der Waals surface area (Å²) in [6.45, 7) is 0. The summed E-state index contributed by atoms with van der Waals surface area (Å²) in [6, 6.07) is 16.8. The second-order valence-electron chi connectivity index (χ2n) is 2.49. The van der Waals surface area contributed by atoms with E-state index in [2.05, 4.69) is 11.1 Å². The normalized spacial score (nSPS) is 7.73. The van der Waals surface area contributed by atoms with Gasteiger partial charge in [0.1, 0.15) is 0 Å². The molecule has 0 N–H and O–H groups in total. The standard InChI is InChI=1S/C11H8N.CH3.Ir.Y/c1-2-6-10(7-3-1)11-8-4-5-9-12-11;;;/h1-6,8-9H;1H3;;/q2*-1;;. The van der Waals surface area contributed by atoms with Gasteiger partial charge in [-0.25, -0.2) is 0 Å². The van der Waals surface area contributed by atoms with Crippen molar-refractivity contribution in [3.63, 3.8) is 0 Å². The number of nitrogens with zero attached hydrogens (tertiary/aromatic N) is 1. The van der Waals surface area contributed by atoms with Crippen LogP contribution in [0.15, 0.2) is 48.7 Å². The first-order valence-electron chi connectivity index (χ1n) is 3.85. The van der Waals surface area contributed by atoms with Crippen molar-refractivity contribution in [3.05, 3.63) is 62.2 Å². The van der Waals surface area contributed by atoms with Gasteiger partial charge in [-0.1, -0.05) is 12.1 Å². The molecule has 2 radical (unpaired) electrons. The molecule has 0 saturated carbocycles. The van der Waals surface area contributed by atoms with Crippen LogP contribution in [0.25, 0.3) is 11.3 Å². The molecule has 3 heteroatoms. The van der Waals surface area contributed by atoms with Crippen molar-refractivity contribution in [3.8, 4) is 11.3 Å². The predicted molar refractivity (Wildman–Crippen MR) is 54.9 cm³/mol. The summed E-state index contributed by atoms with van der Waals surface area (Å²) in [5.41, 5.74) is 2.01. The van der Waals surface area contributed by atoms with Gasteiger partial charge in [0.25, 0.3) is 0 Å². The zero-order valence-electron chi connectivity index (χ0n) is 8.48. The Kier molecular flexibility index (Phi) is 10.9. The van der Waals surface area contributed by atoms with Gasteiger partial charge in [-0.05, 0) is 11.8 Å². The van der Waals surface area contributed by atoms with E-state index in [1.165, 1.54) is 0 Å². The summed E-state index contributed by atoms with van der Waals surface area (Å²) < 4.78 is 0. The van der Waals surface area contributed by atoms with E-state index in [-0.39, 0.29) is 60.2 Å². The molecule has 0 amide bonds. The van der Waals surface area contributed by atoms with Crippen LogP contribution >= 0.6 is 0 Å². The molecule has 1 heterocycles.